The van der Waals surface area contributed by atoms with E-state index in [-0.39, 0.29) is 17.9 Å². The molecule has 0 aromatic heterocycles. The van der Waals surface area contributed by atoms with Crippen LogP contribution in [0.15, 0.2) is 18.2 Å². The molecule has 1 amide bonds. The number of carboxylic acid groups (broad SMARTS) is 1. The Balaban J connectivity index is 2.01. The molecule has 0 spiro atoms. The number of benzene rings is 1. The number of aliphatic carboxylic acids is 1. The second-order valence-electron chi connectivity index (χ2n) is 4.86. The predicted molar refractivity (Wildman–Crippen MR) is 81.9 cm³/mol. The van der Waals surface area contributed by atoms with Crippen LogP contribution >= 0.6 is 22.6 Å². The van der Waals surface area contributed by atoms with Crippen LogP contribution in [0.1, 0.15) is 29.6 Å². The molecule has 0 heterocycles. The maximum Gasteiger partial charge on any atom is 0.306 e. The third-order valence-electron chi connectivity index (χ3n) is 3.54. The third kappa shape index (κ3) is 3.41. The van der Waals surface area contributed by atoms with Crippen LogP contribution in [0, 0.1) is 9.49 Å². The molecule has 1 aliphatic rings. The van der Waals surface area contributed by atoms with Gasteiger partial charge >= 0.3 is 5.97 Å². The van der Waals surface area contributed by atoms with E-state index in [4.69, 9.17) is 9.84 Å². The zero-order chi connectivity index (χ0) is 14.7. The fraction of sp³-hybridized carbons (Fsp3) is 0.429. The Bertz CT molecular complexity index is 532. The zero-order valence-electron chi connectivity index (χ0n) is 11.1. The number of hydrogen-bond acceptors (Lipinski definition) is 3. The SMILES string of the molecule is COc1ccc(C(=O)N[C@H]2CC[C@@H](C(=O)O)C2)c(I)c1. The molecule has 0 unspecified atom stereocenters. The summed E-state index contributed by atoms with van der Waals surface area (Å²) < 4.78 is 5.91. The fourth-order valence-electron chi connectivity index (χ4n) is 2.41. The highest BCUT2D eigenvalue weighted by Gasteiger charge is 2.30. The maximum atomic E-state index is 12.2. The number of amides is 1. The van der Waals surface area contributed by atoms with Gasteiger partial charge in [-0.3, -0.25) is 9.59 Å². The number of methoxy groups -OCH3 is 1. The average molecular weight is 389 g/mol. The van der Waals surface area contributed by atoms with Crippen molar-refractivity contribution in [3.8, 4) is 5.75 Å². The summed E-state index contributed by atoms with van der Waals surface area (Å²) in [6.45, 7) is 0. The monoisotopic (exact) mass is 389 g/mol. The van der Waals surface area contributed by atoms with Gasteiger partial charge < -0.3 is 15.2 Å². The highest BCUT2D eigenvalue weighted by atomic mass is 127. The van der Waals surface area contributed by atoms with Crippen LogP contribution in [0.25, 0.3) is 0 Å². The molecule has 0 bridgehead atoms. The van der Waals surface area contributed by atoms with Crippen LogP contribution in [0.3, 0.4) is 0 Å². The molecule has 1 fully saturated rings. The quantitative estimate of drug-likeness (QED) is 0.775. The van der Waals surface area contributed by atoms with Gasteiger partial charge in [0.15, 0.2) is 0 Å². The van der Waals surface area contributed by atoms with Crippen LogP contribution < -0.4 is 10.1 Å². The lowest BCUT2D eigenvalue weighted by atomic mass is 10.1. The van der Waals surface area contributed by atoms with Gasteiger partial charge in [-0.1, -0.05) is 0 Å². The Morgan fingerprint density at radius 2 is 2.15 bits per heavy atom. The van der Waals surface area contributed by atoms with Crippen molar-refractivity contribution in [1.29, 1.82) is 0 Å². The molecule has 1 aliphatic carbocycles. The Kier molecular flexibility index (Phi) is 4.85. The van der Waals surface area contributed by atoms with Gasteiger partial charge in [0.1, 0.15) is 5.75 Å². The van der Waals surface area contributed by atoms with E-state index < -0.39 is 5.97 Å². The minimum absolute atomic E-state index is 0.0542. The standard InChI is InChI=1S/C14H16INO4/c1-20-10-4-5-11(12(15)7-10)13(17)16-9-3-2-8(6-9)14(18)19/h4-5,7-9H,2-3,6H2,1H3,(H,16,17)(H,18,19)/t8-,9+/m1/s1. The van der Waals surface area contributed by atoms with Gasteiger partial charge in [0.2, 0.25) is 0 Å². The number of rotatable bonds is 4. The lowest BCUT2D eigenvalue weighted by Gasteiger charge is -2.13. The summed E-state index contributed by atoms with van der Waals surface area (Å²) in [5.74, 6) is -0.568. The van der Waals surface area contributed by atoms with Crippen molar-refractivity contribution in [1.82, 2.24) is 5.32 Å². The van der Waals surface area contributed by atoms with E-state index in [1.807, 2.05) is 0 Å². The Morgan fingerprint density at radius 1 is 1.40 bits per heavy atom. The van der Waals surface area contributed by atoms with Crippen molar-refractivity contribution < 1.29 is 19.4 Å². The second-order valence-corrected chi connectivity index (χ2v) is 6.03. The van der Waals surface area contributed by atoms with E-state index in [2.05, 4.69) is 27.9 Å². The van der Waals surface area contributed by atoms with E-state index in [1.54, 1.807) is 25.3 Å². The summed E-state index contributed by atoms with van der Waals surface area (Å²) in [5.41, 5.74) is 0.588. The minimum Gasteiger partial charge on any atom is -0.497 e. The number of carbonyl (C=O) groups excluding carboxylic acids is 1. The van der Waals surface area contributed by atoms with Gasteiger partial charge in [0.05, 0.1) is 18.6 Å². The van der Waals surface area contributed by atoms with Crippen molar-refractivity contribution in [3.63, 3.8) is 0 Å². The Morgan fingerprint density at radius 3 is 2.70 bits per heavy atom. The van der Waals surface area contributed by atoms with Gasteiger partial charge in [0, 0.05) is 9.61 Å². The van der Waals surface area contributed by atoms with Gasteiger partial charge in [-0.05, 0) is 60.1 Å². The molecule has 1 aromatic carbocycles. The number of halogens is 1. The number of carboxylic acids is 1. The first-order valence-corrected chi connectivity index (χ1v) is 7.46. The molecule has 1 aromatic rings. The fourth-order valence-corrected chi connectivity index (χ4v) is 3.14. The third-order valence-corrected chi connectivity index (χ3v) is 4.43. The molecule has 0 saturated heterocycles. The van der Waals surface area contributed by atoms with E-state index >= 15 is 0 Å². The molecule has 6 heteroatoms. The molecule has 5 nitrogen and oxygen atoms in total. The van der Waals surface area contributed by atoms with Crippen molar-refractivity contribution in [2.24, 2.45) is 5.92 Å². The Labute approximate surface area is 130 Å². The summed E-state index contributed by atoms with van der Waals surface area (Å²) >= 11 is 2.09. The molecule has 2 rings (SSSR count). The van der Waals surface area contributed by atoms with Gasteiger partial charge in [0.25, 0.3) is 5.91 Å². The Hall–Kier alpha value is -1.31. The lowest BCUT2D eigenvalue weighted by Crippen LogP contribution is -2.33. The van der Waals surface area contributed by atoms with Crippen LogP contribution in [0.2, 0.25) is 0 Å². The van der Waals surface area contributed by atoms with Crippen LogP contribution in [0.4, 0.5) is 0 Å². The minimum atomic E-state index is -0.777. The molecule has 2 atom stereocenters. The highest BCUT2D eigenvalue weighted by Crippen LogP contribution is 2.26. The summed E-state index contributed by atoms with van der Waals surface area (Å²) in [4.78, 5) is 23.1. The zero-order valence-corrected chi connectivity index (χ0v) is 13.2. The van der Waals surface area contributed by atoms with Crippen molar-refractivity contribution in [2.45, 2.75) is 25.3 Å². The largest absolute Gasteiger partial charge is 0.497 e. The average Bonchev–Trinajstić information content (AvgIpc) is 2.87. The van der Waals surface area contributed by atoms with Gasteiger partial charge in [-0.2, -0.15) is 0 Å². The highest BCUT2D eigenvalue weighted by molar-refractivity contribution is 14.1. The van der Waals surface area contributed by atoms with Crippen molar-refractivity contribution >= 4 is 34.5 Å². The van der Waals surface area contributed by atoms with Crippen molar-refractivity contribution in [2.75, 3.05) is 7.11 Å². The smallest absolute Gasteiger partial charge is 0.306 e. The van der Waals surface area contributed by atoms with Crippen LogP contribution in [0.5, 0.6) is 5.75 Å². The summed E-state index contributed by atoms with van der Waals surface area (Å²) in [7, 11) is 1.58. The summed E-state index contributed by atoms with van der Waals surface area (Å²) in [6, 6.07) is 5.21. The molecular formula is C14H16INO4. The van der Waals surface area contributed by atoms with E-state index in [9.17, 15) is 9.59 Å². The van der Waals surface area contributed by atoms with E-state index in [0.717, 1.165) is 9.99 Å². The first-order valence-electron chi connectivity index (χ1n) is 6.38. The van der Waals surface area contributed by atoms with Gasteiger partial charge in [-0.15, -0.1) is 0 Å². The van der Waals surface area contributed by atoms with E-state index in [1.165, 1.54) is 0 Å². The predicted octanol–water partition coefficient (Wildman–Crippen LogP) is 2.28. The summed E-state index contributed by atoms with van der Waals surface area (Å²) in [5, 5.41) is 11.9. The molecule has 2 N–H and O–H groups in total. The normalized spacial score (nSPS) is 21.5. The van der Waals surface area contributed by atoms with Crippen LogP contribution in [-0.4, -0.2) is 30.1 Å². The first-order chi connectivity index (χ1) is 9.51. The molecule has 20 heavy (non-hydrogen) atoms. The van der Waals surface area contributed by atoms with E-state index in [0.29, 0.717) is 24.2 Å². The number of ether oxygens (including phenoxy) is 1. The number of nitrogens with one attached hydrogen (secondary N) is 1. The molecule has 1 saturated carbocycles. The lowest BCUT2D eigenvalue weighted by molar-refractivity contribution is -0.141. The molecular weight excluding hydrogens is 373 g/mol. The summed E-state index contributed by atoms with van der Waals surface area (Å²) in [6.07, 6.45) is 1.85. The van der Waals surface area contributed by atoms with Crippen molar-refractivity contribution in [3.05, 3.63) is 27.3 Å². The molecule has 108 valence electrons. The number of carbonyl (C=O) groups is 2. The van der Waals surface area contributed by atoms with Crippen LogP contribution in [-0.2, 0) is 4.79 Å². The first kappa shape index (κ1) is 15.1. The maximum absolute atomic E-state index is 12.2. The molecule has 0 radical (unpaired) electrons. The topological polar surface area (TPSA) is 75.6 Å². The van der Waals surface area contributed by atoms with Gasteiger partial charge in [-0.25, -0.2) is 0 Å². The number of hydrogen-bond donors (Lipinski definition) is 2. The molecule has 0 aliphatic heterocycles. The second kappa shape index (κ2) is 6.43.